The molecular formula is C19H24N4O. The molecular weight excluding hydrogens is 300 g/mol. The van der Waals surface area contributed by atoms with Gasteiger partial charge in [-0.3, -0.25) is 4.79 Å². The highest BCUT2D eigenvalue weighted by atomic mass is 16.2. The molecule has 5 nitrogen and oxygen atoms in total. The van der Waals surface area contributed by atoms with Crippen LogP contribution in [0.2, 0.25) is 0 Å². The number of benzene rings is 1. The van der Waals surface area contributed by atoms with Crippen molar-refractivity contribution in [3.8, 4) is 11.4 Å². The van der Waals surface area contributed by atoms with E-state index in [9.17, 15) is 4.79 Å². The van der Waals surface area contributed by atoms with Gasteiger partial charge in [-0.1, -0.05) is 19.1 Å². The zero-order valence-electron chi connectivity index (χ0n) is 14.1. The summed E-state index contributed by atoms with van der Waals surface area (Å²) in [5.41, 5.74) is 4.05. The number of likely N-dealkylation sites (tertiary alicyclic amines) is 1. The average molecular weight is 324 g/mol. The number of fused-ring (bicyclic) bond motifs is 1. The van der Waals surface area contributed by atoms with Crippen LogP contribution in [0.3, 0.4) is 0 Å². The van der Waals surface area contributed by atoms with Gasteiger partial charge in [-0.05, 0) is 30.9 Å². The van der Waals surface area contributed by atoms with Crippen LogP contribution in [0, 0.1) is 5.92 Å². The Morgan fingerprint density at radius 2 is 2.12 bits per heavy atom. The maximum atomic E-state index is 12.8. The standard InChI is InChI=1S/C19H24N4O/c1-13-6-9-23(10-7-13)19(24)15-4-2-3-14(11-15)18-21-16-5-8-20-12-17(16)22-18/h2-4,11,13,20H,5-10,12H2,1H3,(H,21,22). The first-order valence-corrected chi connectivity index (χ1v) is 8.89. The summed E-state index contributed by atoms with van der Waals surface area (Å²) in [5.74, 6) is 1.73. The number of hydrogen-bond acceptors (Lipinski definition) is 3. The lowest BCUT2D eigenvalue weighted by Gasteiger charge is -2.30. The second kappa shape index (κ2) is 6.40. The van der Waals surface area contributed by atoms with E-state index in [0.29, 0.717) is 0 Å². The van der Waals surface area contributed by atoms with Crippen molar-refractivity contribution < 1.29 is 4.79 Å². The van der Waals surface area contributed by atoms with Gasteiger partial charge in [0.05, 0.1) is 11.4 Å². The topological polar surface area (TPSA) is 61.0 Å². The van der Waals surface area contributed by atoms with Crippen LogP contribution in [0.15, 0.2) is 24.3 Å². The molecule has 2 aliphatic rings. The molecule has 0 radical (unpaired) electrons. The van der Waals surface area contributed by atoms with Crippen LogP contribution in [0.25, 0.3) is 11.4 Å². The smallest absolute Gasteiger partial charge is 0.253 e. The highest BCUT2D eigenvalue weighted by Gasteiger charge is 2.22. The minimum absolute atomic E-state index is 0.140. The second-order valence-electron chi connectivity index (χ2n) is 6.99. The Hall–Kier alpha value is -2.14. The van der Waals surface area contributed by atoms with E-state index in [1.165, 1.54) is 0 Å². The predicted molar refractivity (Wildman–Crippen MR) is 93.7 cm³/mol. The van der Waals surface area contributed by atoms with E-state index in [0.717, 1.165) is 79.7 Å². The van der Waals surface area contributed by atoms with E-state index in [4.69, 9.17) is 4.98 Å². The molecule has 2 aliphatic heterocycles. The first kappa shape index (κ1) is 15.4. The summed E-state index contributed by atoms with van der Waals surface area (Å²) < 4.78 is 0. The number of nitrogens with zero attached hydrogens (tertiary/aromatic N) is 2. The maximum absolute atomic E-state index is 12.8. The van der Waals surface area contributed by atoms with E-state index < -0.39 is 0 Å². The van der Waals surface area contributed by atoms with E-state index in [2.05, 4.69) is 17.2 Å². The minimum atomic E-state index is 0.140. The van der Waals surface area contributed by atoms with E-state index in [-0.39, 0.29) is 5.91 Å². The Bertz CT molecular complexity index is 720. The molecule has 2 aromatic rings. The van der Waals surface area contributed by atoms with Gasteiger partial charge in [0.2, 0.25) is 0 Å². The zero-order chi connectivity index (χ0) is 16.5. The number of rotatable bonds is 2. The zero-order valence-corrected chi connectivity index (χ0v) is 14.1. The van der Waals surface area contributed by atoms with Gasteiger partial charge in [0.1, 0.15) is 5.82 Å². The fourth-order valence-electron chi connectivity index (χ4n) is 3.55. The van der Waals surface area contributed by atoms with Gasteiger partial charge in [0, 0.05) is 43.7 Å². The molecule has 0 saturated carbocycles. The Morgan fingerprint density at radius 1 is 1.29 bits per heavy atom. The number of aromatic amines is 1. The highest BCUT2D eigenvalue weighted by molar-refractivity contribution is 5.95. The fraction of sp³-hybridized carbons (Fsp3) is 0.474. The van der Waals surface area contributed by atoms with Crippen LogP contribution < -0.4 is 5.32 Å². The van der Waals surface area contributed by atoms with Crippen molar-refractivity contribution in [2.24, 2.45) is 5.92 Å². The lowest BCUT2D eigenvalue weighted by atomic mass is 9.98. The van der Waals surface area contributed by atoms with Gasteiger partial charge >= 0.3 is 0 Å². The molecule has 3 heterocycles. The number of aromatic nitrogens is 2. The summed E-state index contributed by atoms with van der Waals surface area (Å²) in [6, 6.07) is 7.86. The van der Waals surface area contributed by atoms with Gasteiger partial charge in [0.25, 0.3) is 5.91 Å². The molecule has 0 aliphatic carbocycles. The average Bonchev–Trinajstić information content (AvgIpc) is 3.06. The van der Waals surface area contributed by atoms with Gasteiger partial charge in [-0.25, -0.2) is 4.98 Å². The number of imidazole rings is 1. The molecule has 4 rings (SSSR count). The number of hydrogen-bond donors (Lipinski definition) is 2. The largest absolute Gasteiger partial charge is 0.341 e. The maximum Gasteiger partial charge on any atom is 0.253 e. The molecule has 1 saturated heterocycles. The van der Waals surface area contributed by atoms with Crippen LogP contribution >= 0.6 is 0 Å². The summed E-state index contributed by atoms with van der Waals surface area (Å²) in [4.78, 5) is 22.9. The first-order valence-electron chi connectivity index (χ1n) is 8.89. The molecule has 0 unspecified atom stereocenters. The number of piperidine rings is 1. The van der Waals surface area contributed by atoms with Gasteiger partial charge in [0.15, 0.2) is 0 Å². The number of nitrogens with one attached hydrogen (secondary N) is 2. The quantitative estimate of drug-likeness (QED) is 0.892. The minimum Gasteiger partial charge on any atom is -0.341 e. The number of amides is 1. The van der Waals surface area contributed by atoms with Gasteiger partial charge in [-0.2, -0.15) is 0 Å². The summed E-state index contributed by atoms with van der Waals surface area (Å²) in [6.45, 7) is 5.81. The summed E-state index contributed by atoms with van der Waals surface area (Å²) in [5, 5.41) is 3.35. The van der Waals surface area contributed by atoms with Gasteiger partial charge in [-0.15, -0.1) is 0 Å². The third-order valence-electron chi connectivity index (χ3n) is 5.16. The predicted octanol–water partition coefficient (Wildman–Crippen LogP) is 2.59. The summed E-state index contributed by atoms with van der Waals surface area (Å²) in [6.07, 6.45) is 3.16. The normalized spacial score (nSPS) is 18.5. The lowest BCUT2D eigenvalue weighted by molar-refractivity contribution is 0.0697. The third-order valence-corrected chi connectivity index (χ3v) is 5.16. The molecule has 0 atom stereocenters. The van der Waals surface area contributed by atoms with E-state index >= 15 is 0 Å². The molecule has 0 bridgehead atoms. The van der Waals surface area contributed by atoms with Crippen LogP contribution in [0.5, 0.6) is 0 Å². The molecule has 2 N–H and O–H groups in total. The summed E-state index contributed by atoms with van der Waals surface area (Å²) in [7, 11) is 0. The van der Waals surface area contributed by atoms with Crippen molar-refractivity contribution in [1.29, 1.82) is 0 Å². The number of carbonyl (C=O) groups excluding carboxylic acids is 1. The number of H-pyrrole nitrogens is 1. The van der Waals surface area contributed by atoms with Gasteiger partial charge < -0.3 is 15.2 Å². The molecule has 0 spiro atoms. The highest BCUT2D eigenvalue weighted by Crippen LogP contribution is 2.23. The lowest BCUT2D eigenvalue weighted by Crippen LogP contribution is -2.37. The molecule has 5 heteroatoms. The molecule has 1 amide bonds. The second-order valence-corrected chi connectivity index (χ2v) is 6.99. The molecule has 1 fully saturated rings. The molecule has 24 heavy (non-hydrogen) atoms. The third kappa shape index (κ3) is 2.96. The summed E-state index contributed by atoms with van der Waals surface area (Å²) >= 11 is 0. The van der Waals surface area contributed by atoms with Crippen molar-refractivity contribution in [3.05, 3.63) is 41.2 Å². The van der Waals surface area contributed by atoms with Crippen LogP contribution in [0.1, 0.15) is 41.5 Å². The van der Waals surface area contributed by atoms with E-state index in [1.54, 1.807) is 0 Å². The molecule has 1 aromatic carbocycles. The monoisotopic (exact) mass is 324 g/mol. The Labute approximate surface area is 142 Å². The van der Waals surface area contributed by atoms with Crippen molar-refractivity contribution in [3.63, 3.8) is 0 Å². The molecule has 1 aromatic heterocycles. The first-order chi connectivity index (χ1) is 11.7. The van der Waals surface area contributed by atoms with Crippen LogP contribution in [-0.2, 0) is 13.0 Å². The van der Waals surface area contributed by atoms with Crippen LogP contribution in [-0.4, -0.2) is 40.4 Å². The van der Waals surface area contributed by atoms with Crippen molar-refractivity contribution in [2.75, 3.05) is 19.6 Å². The van der Waals surface area contributed by atoms with Crippen molar-refractivity contribution >= 4 is 5.91 Å². The SMILES string of the molecule is CC1CCN(C(=O)c2cccc(-c3nc4c([nH]3)CNCC4)c2)CC1. The van der Waals surface area contributed by atoms with E-state index in [1.807, 2.05) is 29.2 Å². The number of carbonyl (C=O) groups is 1. The fourth-order valence-corrected chi connectivity index (χ4v) is 3.55. The Balaban J connectivity index is 1.57. The Morgan fingerprint density at radius 3 is 2.92 bits per heavy atom. The van der Waals surface area contributed by atoms with Crippen molar-refractivity contribution in [2.45, 2.75) is 32.7 Å². The van der Waals surface area contributed by atoms with Crippen LogP contribution in [0.4, 0.5) is 0 Å². The Kier molecular flexibility index (Phi) is 4.10. The molecule has 126 valence electrons. The van der Waals surface area contributed by atoms with Crippen molar-refractivity contribution in [1.82, 2.24) is 20.2 Å².